The molecule has 1 aliphatic heterocycles. The summed E-state index contributed by atoms with van der Waals surface area (Å²) in [6, 6.07) is 19.0. The molecule has 1 nitrogen and oxygen atoms in total. The van der Waals surface area contributed by atoms with Crippen molar-refractivity contribution < 1.29 is 4.74 Å². The fourth-order valence-electron chi connectivity index (χ4n) is 2.42. The summed E-state index contributed by atoms with van der Waals surface area (Å²) < 4.78 is 5.69. The molecule has 0 fully saturated rings. The molecule has 0 unspecified atom stereocenters. The average Bonchev–Trinajstić information content (AvgIpc) is 2.49. The van der Waals surface area contributed by atoms with Crippen molar-refractivity contribution in [1.29, 1.82) is 0 Å². The molecule has 19 heavy (non-hydrogen) atoms. The van der Waals surface area contributed by atoms with E-state index < -0.39 is 0 Å². The molecule has 1 aliphatic rings. The Balaban J connectivity index is 2.16. The molecule has 0 N–H and O–H groups in total. The summed E-state index contributed by atoms with van der Waals surface area (Å²) in [7, 11) is 1.76. The van der Waals surface area contributed by atoms with Gasteiger partial charge in [0.2, 0.25) is 0 Å². The Morgan fingerprint density at radius 1 is 1.00 bits per heavy atom. The van der Waals surface area contributed by atoms with Gasteiger partial charge in [0.15, 0.2) is 0 Å². The van der Waals surface area contributed by atoms with Gasteiger partial charge in [0.25, 0.3) is 0 Å². The van der Waals surface area contributed by atoms with E-state index in [0.29, 0.717) is 0 Å². The van der Waals surface area contributed by atoms with Crippen molar-refractivity contribution in [3.8, 4) is 0 Å². The molecule has 2 aromatic carbocycles. The standard InChI is InChI=1S/C17H16OS/c1-18-16(14-8-3-2-4-9-14)17-15-10-6-5-7-13(15)11-12-19-17/h2-10H,11-12H2,1H3/b17-16+. The highest BCUT2D eigenvalue weighted by molar-refractivity contribution is 8.08. The van der Waals surface area contributed by atoms with E-state index in [-0.39, 0.29) is 0 Å². The van der Waals surface area contributed by atoms with Crippen LogP contribution in [0, 0.1) is 0 Å². The first-order valence-corrected chi connectivity index (χ1v) is 7.43. The van der Waals surface area contributed by atoms with E-state index in [2.05, 4.69) is 36.4 Å². The average molecular weight is 268 g/mol. The summed E-state index contributed by atoms with van der Waals surface area (Å²) in [5, 5.41) is 0. The van der Waals surface area contributed by atoms with Crippen LogP contribution in [0.4, 0.5) is 0 Å². The summed E-state index contributed by atoms with van der Waals surface area (Å²) in [6.07, 6.45) is 1.14. The molecule has 96 valence electrons. The first kappa shape index (κ1) is 12.4. The van der Waals surface area contributed by atoms with Crippen LogP contribution in [0.5, 0.6) is 0 Å². The van der Waals surface area contributed by atoms with E-state index >= 15 is 0 Å². The number of fused-ring (bicyclic) bond motifs is 1. The minimum absolute atomic E-state index is 0.984. The maximum atomic E-state index is 5.69. The first-order chi connectivity index (χ1) is 9.40. The molecule has 0 bridgehead atoms. The van der Waals surface area contributed by atoms with E-state index in [9.17, 15) is 0 Å². The predicted octanol–water partition coefficient (Wildman–Crippen LogP) is 4.45. The van der Waals surface area contributed by atoms with Gasteiger partial charge >= 0.3 is 0 Å². The van der Waals surface area contributed by atoms with Crippen LogP contribution in [0.2, 0.25) is 0 Å². The van der Waals surface area contributed by atoms with Gasteiger partial charge in [-0.2, -0.15) is 0 Å². The lowest BCUT2D eigenvalue weighted by atomic mass is 10.0. The highest BCUT2D eigenvalue weighted by atomic mass is 32.2. The summed E-state index contributed by atoms with van der Waals surface area (Å²) >= 11 is 1.89. The largest absolute Gasteiger partial charge is 0.495 e. The second kappa shape index (κ2) is 5.54. The molecule has 3 rings (SSSR count). The minimum atomic E-state index is 0.984. The number of hydrogen-bond acceptors (Lipinski definition) is 2. The topological polar surface area (TPSA) is 9.23 Å². The zero-order valence-corrected chi connectivity index (χ0v) is 11.7. The van der Waals surface area contributed by atoms with E-state index in [1.54, 1.807) is 7.11 Å². The van der Waals surface area contributed by atoms with Crippen molar-refractivity contribution in [2.75, 3.05) is 12.9 Å². The third-order valence-electron chi connectivity index (χ3n) is 3.33. The van der Waals surface area contributed by atoms with Crippen molar-refractivity contribution in [3.05, 3.63) is 71.3 Å². The Labute approximate surface area is 118 Å². The van der Waals surface area contributed by atoms with Crippen molar-refractivity contribution in [3.63, 3.8) is 0 Å². The van der Waals surface area contributed by atoms with E-state index in [0.717, 1.165) is 23.5 Å². The quantitative estimate of drug-likeness (QED) is 0.744. The molecule has 0 radical (unpaired) electrons. The zero-order chi connectivity index (χ0) is 13.1. The van der Waals surface area contributed by atoms with Crippen LogP contribution in [0.15, 0.2) is 54.6 Å². The second-order valence-corrected chi connectivity index (χ2v) is 5.59. The number of benzene rings is 2. The van der Waals surface area contributed by atoms with Crippen molar-refractivity contribution in [1.82, 2.24) is 0 Å². The third-order valence-corrected chi connectivity index (χ3v) is 4.43. The fourth-order valence-corrected chi connectivity index (χ4v) is 3.63. The highest BCUT2D eigenvalue weighted by Crippen LogP contribution is 2.41. The van der Waals surface area contributed by atoms with E-state index in [4.69, 9.17) is 4.74 Å². The van der Waals surface area contributed by atoms with Gasteiger partial charge in [-0.05, 0) is 17.5 Å². The van der Waals surface area contributed by atoms with Crippen LogP contribution in [0.1, 0.15) is 16.7 Å². The monoisotopic (exact) mass is 268 g/mol. The summed E-state index contributed by atoms with van der Waals surface area (Å²) in [6.45, 7) is 0. The lowest BCUT2D eigenvalue weighted by Gasteiger charge is -2.21. The van der Waals surface area contributed by atoms with E-state index in [1.165, 1.54) is 16.0 Å². The van der Waals surface area contributed by atoms with Gasteiger partial charge in [-0.1, -0.05) is 54.6 Å². The molecule has 0 aromatic heterocycles. The van der Waals surface area contributed by atoms with Gasteiger partial charge in [-0.25, -0.2) is 0 Å². The minimum Gasteiger partial charge on any atom is -0.495 e. The molecule has 0 aliphatic carbocycles. The van der Waals surface area contributed by atoms with Crippen molar-refractivity contribution >= 4 is 22.4 Å². The van der Waals surface area contributed by atoms with Crippen LogP contribution in [-0.4, -0.2) is 12.9 Å². The Bertz CT molecular complexity index is 602. The lowest BCUT2D eigenvalue weighted by molar-refractivity contribution is 0.372. The Morgan fingerprint density at radius 2 is 1.74 bits per heavy atom. The molecule has 0 saturated heterocycles. The molecular formula is C17H16OS. The fraction of sp³-hybridized carbons (Fsp3) is 0.176. The lowest BCUT2D eigenvalue weighted by Crippen LogP contribution is -2.04. The molecule has 2 heteroatoms. The molecule has 0 spiro atoms. The van der Waals surface area contributed by atoms with Crippen molar-refractivity contribution in [2.24, 2.45) is 0 Å². The first-order valence-electron chi connectivity index (χ1n) is 6.45. The number of ether oxygens (including phenoxy) is 1. The summed E-state index contributed by atoms with van der Waals surface area (Å²) in [4.78, 5) is 1.26. The van der Waals surface area contributed by atoms with Crippen LogP contribution in [0.3, 0.4) is 0 Å². The number of thioether (sulfide) groups is 1. The SMILES string of the molecule is CO/C(=C1/SCCc2ccccc21)c1ccccc1. The molecule has 2 aromatic rings. The normalized spacial score (nSPS) is 16.7. The van der Waals surface area contributed by atoms with Gasteiger partial charge < -0.3 is 4.74 Å². The molecule has 0 atom stereocenters. The summed E-state index contributed by atoms with van der Waals surface area (Å²) in [5.74, 6) is 2.10. The Kier molecular flexibility index (Phi) is 3.60. The number of aryl methyl sites for hydroxylation is 1. The Morgan fingerprint density at radius 3 is 2.53 bits per heavy atom. The Hall–Kier alpha value is -1.67. The maximum absolute atomic E-state index is 5.69. The van der Waals surface area contributed by atoms with Gasteiger partial charge in [0.05, 0.1) is 12.0 Å². The molecule has 0 amide bonds. The van der Waals surface area contributed by atoms with Crippen LogP contribution in [-0.2, 0) is 11.2 Å². The third kappa shape index (κ3) is 2.41. The highest BCUT2D eigenvalue weighted by Gasteiger charge is 2.19. The number of hydrogen-bond donors (Lipinski definition) is 0. The van der Waals surface area contributed by atoms with Gasteiger partial charge in [-0.15, -0.1) is 11.8 Å². The van der Waals surface area contributed by atoms with Gasteiger partial charge in [-0.3, -0.25) is 0 Å². The maximum Gasteiger partial charge on any atom is 0.140 e. The number of rotatable bonds is 2. The van der Waals surface area contributed by atoms with Crippen molar-refractivity contribution in [2.45, 2.75) is 6.42 Å². The summed E-state index contributed by atoms with van der Waals surface area (Å²) in [5.41, 5.74) is 3.88. The van der Waals surface area contributed by atoms with E-state index in [1.807, 2.05) is 30.0 Å². The van der Waals surface area contributed by atoms with Crippen LogP contribution in [0.25, 0.3) is 10.7 Å². The van der Waals surface area contributed by atoms with Gasteiger partial charge in [0.1, 0.15) is 5.76 Å². The smallest absolute Gasteiger partial charge is 0.140 e. The van der Waals surface area contributed by atoms with Gasteiger partial charge in [0, 0.05) is 11.3 Å². The molecular weight excluding hydrogens is 252 g/mol. The predicted molar refractivity (Wildman–Crippen MR) is 82.9 cm³/mol. The zero-order valence-electron chi connectivity index (χ0n) is 10.9. The van der Waals surface area contributed by atoms with Crippen LogP contribution < -0.4 is 0 Å². The molecule has 0 saturated carbocycles. The van der Waals surface area contributed by atoms with Crippen LogP contribution >= 0.6 is 11.8 Å². The second-order valence-electron chi connectivity index (χ2n) is 4.48. The number of methoxy groups -OCH3 is 1. The molecule has 1 heterocycles.